The second kappa shape index (κ2) is 4.60. The number of hydrogen-bond donors (Lipinski definition) is 1. The van der Waals surface area contributed by atoms with Gasteiger partial charge in [-0.1, -0.05) is 24.4 Å². The van der Waals surface area contributed by atoms with Crippen LogP contribution in [0.25, 0.3) is 0 Å². The van der Waals surface area contributed by atoms with E-state index in [4.69, 9.17) is 16.3 Å². The molecule has 4 heteroatoms. The van der Waals surface area contributed by atoms with Crippen LogP contribution >= 0.6 is 11.6 Å². The first kappa shape index (κ1) is 11.7. The summed E-state index contributed by atoms with van der Waals surface area (Å²) in [6.45, 7) is 0.216. The number of halogens is 2. The summed E-state index contributed by atoms with van der Waals surface area (Å²) in [6.07, 6.45) is 3.55. The average molecular weight is 245 g/mol. The zero-order valence-electron chi connectivity index (χ0n) is 8.88. The molecule has 0 radical (unpaired) electrons. The molecule has 1 N–H and O–H groups in total. The second-order valence-corrected chi connectivity index (χ2v) is 4.70. The van der Waals surface area contributed by atoms with Gasteiger partial charge in [0.05, 0.1) is 10.6 Å². The number of benzene rings is 1. The Hall–Kier alpha value is -0.800. The van der Waals surface area contributed by atoms with Crippen molar-refractivity contribution in [2.45, 2.75) is 31.3 Å². The Morgan fingerprint density at radius 1 is 1.38 bits per heavy atom. The van der Waals surface area contributed by atoms with Crippen LogP contribution in [0.15, 0.2) is 18.2 Å². The number of hydrogen-bond acceptors (Lipinski definition) is 2. The fourth-order valence-corrected chi connectivity index (χ4v) is 2.08. The van der Waals surface area contributed by atoms with Crippen LogP contribution in [0.2, 0.25) is 5.02 Å². The maximum Gasteiger partial charge on any atom is 0.145 e. The van der Waals surface area contributed by atoms with Crippen LogP contribution in [-0.4, -0.2) is 17.3 Å². The van der Waals surface area contributed by atoms with E-state index in [1.807, 2.05) is 0 Å². The first-order valence-electron chi connectivity index (χ1n) is 5.39. The molecule has 0 aromatic heterocycles. The largest absolute Gasteiger partial charge is 0.490 e. The molecule has 0 aliphatic heterocycles. The van der Waals surface area contributed by atoms with Gasteiger partial charge < -0.3 is 9.84 Å². The van der Waals surface area contributed by atoms with Gasteiger partial charge >= 0.3 is 0 Å². The van der Waals surface area contributed by atoms with Gasteiger partial charge in [0.15, 0.2) is 0 Å². The second-order valence-electron chi connectivity index (χ2n) is 4.30. The summed E-state index contributed by atoms with van der Waals surface area (Å²) in [5.74, 6) is -0.0974. The Kier molecular flexibility index (Phi) is 3.36. The Labute approximate surface area is 99.0 Å². The van der Waals surface area contributed by atoms with Crippen LogP contribution in [0.3, 0.4) is 0 Å². The molecule has 1 aliphatic rings. The molecule has 0 amide bonds. The molecule has 0 spiro atoms. The maximum absolute atomic E-state index is 13.1. The SMILES string of the molecule is OC1(COc2ccc(Cl)c(F)c2)CCCC1. The van der Waals surface area contributed by atoms with Crippen molar-refractivity contribution in [1.29, 1.82) is 0 Å². The van der Waals surface area contributed by atoms with Crippen molar-refractivity contribution in [3.8, 4) is 5.75 Å². The topological polar surface area (TPSA) is 29.5 Å². The van der Waals surface area contributed by atoms with Crippen molar-refractivity contribution in [2.75, 3.05) is 6.61 Å². The van der Waals surface area contributed by atoms with Gasteiger partial charge in [0, 0.05) is 6.07 Å². The summed E-state index contributed by atoms with van der Waals surface area (Å²) in [6, 6.07) is 4.29. The molecule has 2 rings (SSSR count). The van der Waals surface area contributed by atoms with Gasteiger partial charge in [0.1, 0.15) is 18.2 Å². The van der Waals surface area contributed by atoms with E-state index < -0.39 is 11.4 Å². The minimum atomic E-state index is -0.740. The lowest BCUT2D eigenvalue weighted by Gasteiger charge is -2.22. The monoisotopic (exact) mass is 244 g/mol. The summed E-state index contributed by atoms with van der Waals surface area (Å²) in [5, 5.41) is 10.1. The highest BCUT2D eigenvalue weighted by atomic mass is 35.5. The van der Waals surface area contributed by atoms with Gasteiger partial charge in [-0.05, 0) is 25.0 Å². The summed E-state index contributed by atoms with van der Waals surface area (Å²) < 4.78 is 18.5. The number of rotatable bonds is 3. The summed E-state index contributed by atoms with van der Waals surface area (Å²) in [5.41, 5.74) is -0.740. The first-order chi connectivity index (χ1) is 7.59. The van der Waals surface area contributed by atoms with E-state index in [2.05, 4.69) is 0 Å². The van der Waals surface area contributed by atoms with Crippen molar-refractivity contribution < 1.29 is 14.2 Å². The molecule has 0 saturated heterocycles. The van der Waals surface area contributed by atoms with Crippen LogP contribution in [0.1, 0.15) is 25.7 Å². The van der Waals surface area contributed by atoms with Crippen LogP contribution in [0, 0.1) is 5.82 Å². The molecule has 1 aromatic rings. The van der Waals surface area contributed by atoms with Crippen LogP contribution in [0.4, 0.5) is 4.39 Å². The molecule has 0 atom stereocenters. The molecule has 1 aromatic carbocycles. The zero-order valence-corrected chi connectivity index (χ0v) is 9.63. The van der Waals surface area contributed by atoms with Gasteiger partial charge in [-0.25, -0.2) is 4.39 Å². The van der Waals surface area contributed by atoms with Crippen LogP contribution < -0.4 is 4.74 Å². The summed E-state index contributed by atoms with van der Waals surface area (Å²) in [4.78, 5) is 0. The molecule has 0 unspecified atom stereocenters. The highest BCUT2D eigenvalue weighted by Gasteiger charge is 2.31. The quantitative estimate of drug-likeness (QED) is 0.885. The van der Waals surface area contributed by atoms with E-state index in [0.29, 0.717) is 5.75 Å². The predicted octanol–water partition coefficient (Wildman–Crippen LogP) is 3.16. The van der Waals surface area contributed by atoms with Gasteiger partial charge in [0.2, 0.25) is 0 Å². The van der Waals surface area contributed by atoms with E-state index in [9.17, 15) is 9.50 Å². The lowest BCUT2D eigenvalue weighted by Crippen LogP contribution is -2.32. The lowest BCUT2D eigenvalue weighted by molar-refractivity contribution is 0.00132. The summed E-state index contributed by atoms with van der Waals surface area (Å²) in [7, 11) is 0. The Bertz CT molecular complexity index is 375. The standard InChI is InChI=1S/C12H14ClFO2/c13-10-4-3-9(7-11(10)14)16-8-12(15)5-1-2-6-12/h3-4,7,15H,1-2,5-6,8H2. The summed E-state index contributed by atoms with van der Waals surface area (Å²) >= 11 is 5.56. The van der Waals surface area contributed by atoms with Crippen LogP contribution in [0.5, 0.6) is 5.75 Å². The molecular weight excluding hydrogens is 231 g/mol. The zero-order chi connectivity index (χ0) is 11.6. The molecule has 1 fully saturated rings. The maximum atomic E-state index is 13.1. The third-order valence-corrected chi connectivity index (χ3v) is 3.24. The van der Waals surface area contributed by atoms with Crippen molar-refractivity contribution in [3.05, 3.63) is 29.0 Å². The minimum Gasteiger partial charge on any atom is -0.490 e. The smallest absolute Gasteiger partial charge is 0.145 e. The fourth-order valence-electron chi connectivity index (χ4n) is 1.96. The third kappa shape index (κ3) is 2.66. The molecule has 16 heavy (non-hydrogen) atoms. The minimum absolute atomic E-state index is 0.0759. The Morgan fingerprint density at radius 2 is 2.06 bits per heavy atom. The highest BCUT2D eigenvalue weighted by Crippen LogP contribution is 2.30. The Morgan fingerprint density at radius 3 is 2.69 bits per heavy atom. The molecule has 1 saturated carbocycles. The van der Waals surface area contributed by atoms with E-state index in [0.717, 1.165) is 25.7 Å². The lowest BCUT2D eigenvalue weighted by atomic mass is 10.0. The fraction of sp³-hybridized carbons (Fsp3) is 0.500. The van der Waals surface area contributed by atoms with E-state index in [1.54, 1.807) is 6.07 Å². The predicted molar refractivity (Wildman–Crippen MR) is 60.3 cm³/mol. The van der Waals surface area contributed by atoms with Gasteiger partial charge in [0.25, 0.3) is 0 Å². The number of ether oxygens (including phenoxy) is 1. The van der Waals surface area contributed by atoms with Crippen molar-refractivity contribution in [2.24, 2.45) is 0 Å². The number of aliphatic hydroxyl groups is 1. The van der Waals surface area contributed by atoms with Crippen molar-refractivity contribution in [1.82, 2.24) is 0 Å². The van der Waals surface area contributed by atoms with Gasteiger partial charge in [-0.15, -0.1) is 0 Å². The normalized spacial score (nSPS) is 18.7. The van der Waals surface area contributed by atoms with Gasteiger partial charge in [-0.3, -0.25) is 0 Å². The van der Waals surface area contributed by atoms with Crippen molar-refractivity contribution >= 4 is 11.6 Å². The molecular formula is C12H14ClFO2. The highest BCUT2D eigenvalue weighted by molar-refractivity contribution is 6.30. The average Bonchev–Trinajstić information content (AvgIpc) is 2.68. The first-order valence-corrected chi connectivity index (χ1v) is 5.77. The van der Waals surface area contributed by atoms with E-state index >= 15 is 0 Å². The molecule has 0 heterocycles. The molecule has 1 aliphatic carbocycles. The molecule has 0 bridgehead atoms. The third-order valence-electron chi connectivity index (χ3n) is 2.93. The molecule has 2 nitrogen and oxygen atoms in total. The van der Waals surface area contributed by atoms with Crippen molar-refractivity contribution in [3.63, 3.8) is 0 Å². The van der Waals surface area contributed by atoms with E-state index in [-0.39, 0.29) is 11.6 Å². The van der Waals surface area contributed by atoms with Crippen LogP contribution in [-0.2, 0) is 0 Å². The molecule has 88 valence electrons. The Balaban J connectivity index is 1.96. The van der Waals surface area contributed by atoms with E-state index in [1.165, 1.54) is 12.1 Å². The van der Waals surface area contributed by atoms with Gasteiger partial charge in [-0.2, -0.15) is 0 Å².